The molecule has 1 amide bonds. The van der Waals surface area contributed by atoms with Crippen molar-refractivity contribution in [1.82, 2.24) is 0 Å². The second-order valence-corrected chi connectivity index (χ2v) is 3.41. The van der Waals surface area contributed by atoms with Crippen molar-refractivity contribution in [2.45, 2.75) is 19.8 Å². The Balaban J connectivity index is 2.96. The van der Waals surface area contributed by atoms with Crippen molar-refractivity contribution in [3.63, 3.8) is 0 Å². The van der Waals surface area contributed by atoms with Gasteiger partial charge in [0.2, 0.25) is 5.91 Å². The summed E-state index contributed by atoms with van der Waals surface area (Å²) in [7, 11) is 0. The lowest BCUT2D eigenvalue weighted by molar-refractivity contribution is -0.116. The van der Waals surface area contributed by atoms with Gasteiger partial charge in [-0.05, 0) is 24.6 Å². The second-order valence-electron chi connectivity index (χ2n) is 3.41. The average Bonchev–Trinajstić information content (AvgIpc) is 2.17. The van der Waals surface area contributed by atoms with Crippen LogP contribution in [-0.4, -0.2) is 17.0 Å². The molecular formula is C11H14N2O3. The van der Waals surface area contributed by atoms with Gasteiger partial charge in [-0.2, -0.15) is 0 Å². The minimum atomic E-state index is -1.09. The summed E-state index contributed by atoms with van der Waals surface area (Å²) in [6, 6.07) is 4.30. The Labute approximate surface area is 93.3 Å². The Morgan fingerprint density at radius 2 is 2.12 bits per heavy atom. The van der Waals surface area contributed by atoms with E-state index in [-0.39, 0.29) is 17.2 Å². The second kappa shape index (κ2) is 5.16. The van der Waals surface area contributed by atoms with Crippen LogP contribution in [0.4, 0.5) is 11.4 Å². The number of nitrogens with two attached hydrogens (primary N) is 1. The van der Waals surface area contributed by atoms with Crippen LogP contribution in [0, 0.1) is 0 Å². The van der Waals surface area contributed by atoms with E-state index in [2.05, 4.69) is 5.32 Å². The molecular weight excluding hydrogens is 208 g/mol. The number of benzene rings is 1. The van der Waals surface area contributed by atoms with E-state index in [0.29, 0.717) is 18.5 Å². The highest BCUT2D eigenvalue weighted by Gasteiger charge is 2.12. The van der Waals surface area contributed by atoms with E-state index in [4.69, 9.17) is 10.8 Å². The number of carbonyl (C=O) groups excluding carboxylic acids is 1. The van der Waals surface area contributed by atoms with Gasteiger partial charge in [0.25, 0.3) is 0 Å². The first-order chi connectivity index (χ1) is 7.54. The molecule has 5 heteroatoms. The molecule has 0 heterocycles. The number of carbonyl (C=O) groups is 2. The number of hydrogen-bond acceptors (Lipinski definition) is 3. The summed E-state index contributed by atoms with van der Waals surface area (Å²) >= 11 is 0. The molecule has 1 rings (SSSR count). The Hall–Kier alpha value is -2.04. The molecule has 0 fully saturated rings. The fraction of sp³-hybridized carbons (Fsp3) is 0.273. The molecule has 0 saturated carbocycles. The predicted molar refractivity (Wildman–Crippen MR) is 61.4 cm³/mol. The fourth-order valence-corrected chi connectivity index (χ4v) is 1.29. The SMILES string of the molecule is CCCC(=O)Nc1cc(N)ccc1C(=O)O. The van der Waals surface area contributed by atoms with Crippen molar-refractivity contribution in [2.24, 2.45) is 0 Å². The van der Waals surface area contributed by atoms with Gasteiger partial charge in [-0.1, -0.05) is 6.92 Å². The Morgan fingerprint density at radius 3 is 2.69 bits per heavy atom. The summed E-state index contributed by atoms with van der Waals surface area (Å²) in [6.07, 6.45) is 1.06. The zero-order chi connectivity index (χ0) is 12.1. The van der Waals surface area contributed by atoms with Crippen LogP contribution in [0.25, 0.3) is 0 Å². The summed E-state index contributed by atoms with van der Waals surface area (Å²) in [6.45, 7) is 1.87. The summed E-state index contributed by atoms with van der Waals surface area (Å²) < 4.78 is 0. The molecule has 0 radical (unpaired) electrons. The smallest absolute Gasteiger partial charge is 0.337 e. The number of carboxylic acids is 1. The van der Waals surface area contributed by atoms with Gasteiger partial charge in [-0.15, -0.1) is 0 Å². The van der Waals surface area contributed by atoms with Crippen LogP contribution in [0.3, 0.4) is 0 Å². The highest BCUT2D eigenvalue weighted by molar-refractivity contribution is 6.01. The Bertz CT molecular complexity index is 416. The lowest BCUT2D eigenvalue weighted by Gasteiger charge is -2.08. The predicted octanol–water partition coefficient (Wildman–Crippen LogP) is 1.71. The van der Waals surface area contributed by atoms with E-state index < -0.39 is 5.97 Å². The van der Waals surface area contributed by atoms with E-state index in [1.165, 1.54) is 18.2 Å². The number of carboxylic acid groups (broad SMARTS) is 1. The van der Waals surface area contributed by atoms with Crippen molar-refractivity contribution in [2.75, 3.05) is 11.1 Å². The molecule has 16 heavy (non-hydrogen) atoms. The normalized spacial score (nSPS) is 9.81. The van der Waals surface area contributed by atoms with Crippen LogP contribution in [0.2, 0.25) is 0 Å². The lowest BCUT2D eigenvalue weighted by atomic mass is 10.1. The average molecular weight is 222 g/mol. The van der Waals surface area contributed by atoms with E-state index in [0.717, 1.165) is 0 Å². The molecule has 1 aromatic rings. The molecule has 5 nitrogen and oxygen atoms in total. The maximum atomic E-state index is 11.4. The maximum Gasteiger partial charge on any atom is 0.337 e. The molecule has 0 aromatic heterocycles. The number of rotatable bonds is 4. The molecule has 0 spiro atoms. The zero-order valence-electron chi connectivity index (χ0n) is 8.99. The van der Waals surface area contributed by atoms with Gasteiger partial charge >= 0.3 is 5.97 Å². The molecule has 0 saturated heterocycles. The lowest BCUT2D eigenvalue weighted by Crippen LogP contribution is -2.14. The van der Waals surface area contributed by atoms with Gasteiger partial charge in [0, 0.05) is 12.1 Å². The van der Waals surface area contributed by atoms with E-state index in [1.54, 1.807) is 0 Å². The first-order valence-electron chi connectivity index (χ1n) is 4.97. The quantitative estimate of drug-likeness (QED) is 0.676. The number of hydrogen-bond donors (Lipinski definition) is 3. The van der Waals surface area contributed by atoms with Gasteiger partial charge in [0.1, 0.15) is 0 Å². The third-order valence-corrected chi connectivity index (χ3v) is 2.03. The third-order valence-electron chi connectivity index (χ3n) is 2.03. The third kappa shape index (κ3) is 2.98. The maximum absolute atomic E-state index is 11.4. The molecule has 0 atom stereocenters. The molecule has 0 aliphatic heterocycles. The zero-order valence-corrected chi connectivity index (χ0v) is 8.99. The first-order valence-corrected chi connectivity index (χ1v) is 4.97. The van der Waals surface area contributed by atoms with E-state index >= 15 is 0 Å². The topological polar surface area (TPSA) is 92.4 Å². The summed E-state index contributed by atoms with van der Waals surface area (Å²) in [5.41, 5.74) is 6.23. The largest absolute Gasteiger partial charge is 0.478 e. The standard InChI is InChI=1S/C11H14N2O3/c1-2-3-10(14)13-9-6-7(12)4-5-8(9)11(15)16/h4-6H,2-3,12H2,1H3,(H,13,14)(H,15,16). The van der Waals surface area contributed by atoms with Crippen LogP contribution >= 0.6 is 0 Å². The summed E-state index contributed by atoms with van der Waals surface area (Å²) in [4.78, 5) is 22.2. The minimum absolute atomic E-state index is 0.0404. The van der Waals surface area contributed by atoms with Crippen molar-refractivity contribution in [3.8, 4) is 0 Å². The highest BCUT2D eigenvalue weighted by atomic mass is 16.4. The molecule has 86 valence electrons. The Morgan fingerprint density at radius 1 is 1.44 bits per heavy atom. The highest BCUT2D eigenvalue weighted by Crippen LogP contribution is 2.19. The number of anilines is 2. The van der Waals surface area contributed by atoms with Gasteiger partial charge in [0.05, 0.1) is 11.3 Å². The molecule has 4 N–H and O–H groups in total. The number of amides is 1. The summed E-state index contributed by atoms with van der Waals surface area (Å²) in [5.74, 6) is -1.30. The van der Waals surface area contributed by atoms with Crippen LogP contribution < -0.4 is 11.1 Å². The monoisotopic (exact) mass is 222 g/mol. The van der Waals surface area contributed by atoms with Crippen molar-refractivity contribution < 1.29 is 14.7 Å². The fourth-order valence-electron chi connectivity index (χ4n) is 1.29. The van der Waals surface area contributed by atoms with E-state index in [1.807, 2.05) is 6.92 Å². The minimum Gasteiger partial charge on any atom is -0.478 e. The first kappa shape index (κ1) is 12.0. The van der Waals surface area contributed by atoms with Crippen molar-refractivity contribution in [3.05, 3.63) is 23.8 Å². The van der Waals surface area contributed by atoms with Crippen LogP contribution in [0.1, 0.15) is 30.1 Å². The van der Waals surface area contributed by atoms with Gasteiger partial charge in [-0.25, -0.2) is 4.79 Å². The van der Waals surface area contributed by atoms with Crippen molar-refractivity contribution in [1.29, 1.82) is 0 Å². The van der Waals surface area contributed by atoms with Gasteiger partial charge in [0.15, 0.2) is 0 Å². The molecule has 0 bridgehead atoms. The van der Waals surface area contributed by atoms with Crippen LogP contribution in [0.15, 0.2) is 18.2 Å². The van der Waals surface area contributed by atoms with Gasteiger partial charge in [-0.3, -0.25) is 4.79 Å². The molecule has 0 aliphatic rings. The molecule has 0 aliphatic carbocycles. The number of aromatic carboxylic acids is 1. The van der Waals surface area contributed by atoms with Crippen LogP contribution in [0.5, 0.6) is 0 Å². The summed E-state index contributed by atoms with van der Waals surface area (Å²) in [5, 5.41) is 11.4. The Kier molecular flexibility index (Phi) is 3.88. The van der Waals surface area contributed by atoms with Crippen molar-refractivity contribution >= 4 is 23.3 Å². The number of nitrogen functional groups attached to an aromatic ring is 1. The van der Waals surface area contributed by atoms with E-state index in [9.17, 15) is 9.59 Å². The molecule has 1 aromatic carbocycles. The van der Waals surface area contributed by atoms with Crippen LogP contribution in [-0.2, 0) is 4.79 Å². The molecule has 0 unspecified atom stereocenters. The number of nitrogens with one attached hydrogen (secondary N) is 1. The van der Waals surface area contributed by atoms with Gasteiger partial charge < -0.3 is 16.2 Å².